The molecule has 1 aliphatic heterocycles. The van der Waals surface area contributed by atoms with E-state index in [1.165, 1.54) is 12.8 Å². The van der Waals surface area contributed by atoms with Gasteiger partial charge in [0.15, 0.2) is 0 Å². The van der Waals surface area contributed by atoms with Crippen LogP contribution in [0.3, 0.4) is 0 Å². The molecule has 0 aromatic rings. The molecule has 0 bridgehead atoms. The second kappa shape index (κ2) is 5.50. The van der Waals surface area contributed by atoms with Crippen molar-refractivity contribution in [3.8, 4) is 0 Å². The Hall–Kier alpha value is -0.570. The molecule has 0 saturated carbocycles. The molecule has 0 N–H and O–H groups in total. The molecular weight excluding hydrogens is 188 g/mol. The highest BCUT2D eigenvalue weighted by atomic mass is 16.2. The highest BCUT2D eigenvalue weighted by molar-refractivity contribution is 5.78. The van der Waals surface area contributed by atoms with E-state index in [9.17, 15) is 4.79 Å². The fourth-order valence-corrected chi connectivity index (χ4v) is 2.23. The van der Waals surface area contributed by atoms with Gasteiger partial charge >= 0.3 is 0 Å². The Kier molecular flexibility index (Phi) is 4.58. The molecule has 3 nitrogen and oxygen atoms in total. The van der Waals surface area contributed by atoms with Crippen molar-refractivity contribution >= 4 is 5.91 Å². The Balaban J connectivity index is 2.61. The van der Waals surface area contributed by atoms with Crippen molar-refractivity contribution in [2.75, 3.05) is 27.2 Å². The number of piperidine rings is 1. The Bertz CT molecular complexity index is 214. The molecule has 15 heavy (non-hydrogen) atoms. The number of rotatable bonds is 3. The summed E-state index contributed by atoms with van der Waals surface area (Å²) in [5, 5.41) is 0. The molecule has 0 aromatic heterocycles. The number of likely N-dealkylation sites (N-methyl/N-ethyl adjacent to an activating group) is 1. The zero-order valence-corrected chi connectivity index (χ0v) is 10.5. The Morgan fingerprint density at radius 2 is 2.07 bits per heavy atom. The van der Waals surface area contributed by atoms with Crippen molar-refractivity contribution < 1.29 is 4.79 Å². The smallest absolute Gasteiger partial charge is 0.225 e. The van der Waals surface area contributed by atoms with Crippen LogP contribution in [0.25, 0.3) is 0 Å². The first kappa shape index (κ1) is 12.5. The van der Waals surface area contributed by atoms with Crippen LogP contribution >= 0.6 is 0 Å². The summed E-state index contributed by atoms with van der Waals surface area (Å²) in [6, 6.07) is 0.434. The number of likely N-dealkylation sites (tertiary alicyclic amines) is 1. The number of hydrogen-bond acceptors (Lipinski definition) is 2. The lowest BCUT2D eigenvalue weighted by Crippen LogP contribution is -2.49. The molecule has 1 unspecified atom stereocenters. The topological polar surface area (TPSA) is 23.6 Å². The van der Waals surface area contributed by atoms with E-state index in [2.05, 4.69) is 23.9 Å². The third kappa shape index (κ3) is 3.49. The summed E-state index contributed by atoms with van der Waals surface area (Å²) in [4.78, 5) is 16.3. The molecule has 1 amide bonds. The maximum absolute atomic E-state index is 12.0. The number of hydrogen-bond donors (Lipinski definition) is 0. The second-order valence-corrected chi connectivity index (χ2v) is 5.10. The van der Waals surface area contributed by atoms with E-state index in [1.54, 1.807) is 0 Å². The highest BCUT2D eigenvalue weighted by Crippen LogP contribution is 2.19. The minimum absolute atomic E-state index is 0.132. The van der Waals surface area contributed by atoms with E-state index in [1.807, 2.05) is 13.8 Å². The van der Waals surface area contributed by atoms with Crippen molar-refractivity contribution in [1.29, 1.82) is 0 Å². The summed E-state index contributed by atoms with van der Waals surface area (Å²) in [5.41, 5.74) is 0. The minimum Gasteiger partial charge on any atom is -0.338 e. The van der Waals surface area contributed by atoms with Gasteiger partial charge in [-0.3, -0.25) is 4.79 Å². The summed E-state index contributed by atoms with van der Waals surface area (Å²) >= 11 is 0. The number of nitrogens with zero attached hydrogens (tertiary/aromatic N) is 2. The van der Waals surface area contributed by atoms with Crippen molar-refractivity contribution in [2.45, 2.75) is 39.2 Å². The SMILES string of the molecule is CC(C)C(=O)N1CCCCC1CN(C)C. The first-order valence-electron chi connectivity index (χ1n) is 5.97. The maximum Gasteiger partial charge on any atom is 0.225 e. The number of carbonyl (C=O) groups excluding carboxylic acids is 1. The van der Waals surface area contributed by atoms with Crippen molar-refractivity contribution in [1.82, 2.24) is 9.80 Å². The molecule has 3 heteroatoms. The van der Waals surface area contributed by atoms with Gasteiger partial charge in [-0.2, -0.15) is 0 Å². The lowest BCUT2D eigenvalue weighted by atomic mass is 10.00. The maximum atomic E-state index is 12.0. The van der Waals surface area contributed by atoms with Gasteiger partial charge in [0.1, 0.15) is 0 Å². The molecular formula is C12H24N2O. The van der Waals surface area contributed by atoms with Gasteiger partial charge < -0.3 is 9.80 Å². The number of amides is 1. The average molecular weight is 212 g/mol. The van der Waals surface area contributed by atoms with Crippen molar-refractivity contribution in [3.05, 3.63) is 0 Å². The molecule has 0 aromatic carbocycles. The van der Waals surface area contributed by atoms with Gasteiger partial charge in [-0.15, -0.1) is 0 Å². The van der Waals surface area contributed by atoms with Crippen LogP contribution in [0.2, 0.25) is 0 Å². The van der Waals surface area contributed by atoms with E-state index >= 15 is 0 Å². The minimum atomic E-state index is 0.132. The Morgan fingerprint density at radius 3 is 2.60 bits per heavy atom. The molecule has 1 heterocycles. The van der Waals surface area contributed by atoms with Gasteiger partial charge in [-0.05, 0) is 33.4 Å². The predicted molar refractivity (Wildman–Crippen MR) is 62.7 cm³/mol. The van der Waals surface area contributed by atoms with Gasteiger partial charge in [-0.25, -0.2) is 0 Å². The van der Waals surface area contributed by atoms with Gasteiger partial charge in [0.05, 0.1) is 0 Å². The molecule has 0 aliphatic carbocycles. The van der Waals surface area contributed by atoms with E-state index in [0.29, 0.717) is 11.9 Å². The molecule has 0 spiro atoms. The third-order valence-electron chi connectivity index (χ3n) is 2.98. The molecule has 88 valence electrons. The van der Waals surface area contributed by atoms with Gasteiger partial charge in [0.2, 0.25) is 5.91 Å². The zero-order chi connectivity index (χ0) is 11.4. The number of carbonyl (C=O) groups is 1. The zero-order valence-electron chi connectivity index (χ0n) is 10.5. The normalized spacial score (nSPS) is 22.5. The van der Waals surface area contributed by atoms with E-state index in [4.69, 9.17) is 0 Å². The third-order valence-corrected chi connectivity index (χ3v) is 2.98. The largest absolute Gasteiger partial charge is 0.338 e. The quantitative estimate of drug-likeness (QED) is 0.709. The van der Waals surface area contributed by atoms with Crippen LogP contribution in [-0.2, 0) is 4.79 Å². The lowest BCUT2D eigenvalue weighted by molar-refractivity contribution is -0.138. The van der Waals surface area contributed by atoms with Crippen LogP contribution in [0, 0.1) is 5.92 Å². The van der Waals surface area contributed by atoms with Crippen LogP contribution in [0.1, 0.15) is 33.1 Å². The molecule has 1 saturated heterocycles. The molecule has 1 rings (SSSR count). The Morgan fingerprint density at radius 1 is 1.40 bits per heavy atom. The highest BCUT2D eigenvalue weighted by Gasteiger charge is 2.28. The fourth-order valence-electron chi connectivity index (χ4n) is 2.23. The molecule has 1 atom stereocenters. The van der Waals surface area contributed by atoms with Crippen LogP contribution in [0.4, 0.5) is 0 Å². The Labute approximate surface area is 93.4 Å². The second-order valence-electron chi connectivity index (χ2n) is 5.10. The van der Waals surface area contributed by atoms with Crippen LogP contribution < -0.4 is 0 Å². The van der Waals surface area contributed by atoms with Gasteiger partial charge in [0, 0.05) is 25.0 Å². The molecule has 0 radical (unpaired) electrons. The summed E-state index contributed by atoms with van der Waals surface area (Å²) in [5.74, 6) is 0.453. The van der Waals surface area contributed by atoms with Gasteiger partial charge in [-0.1, -0.05) is 13.8 Å². The van der Waals surface area contributed by atoms with Crippen LogP contribution in [0.5, 0.6) is 0 Å². The molecule has 1 fully saturated rings. The van der Waals surface area contributed by atoms with E-state index in [-0.39, 0.29) is 5.92 Å². The van der Waals surface area contributed by atoms with Crippen molar-refractivity contribution in [2.24, 2.45) is 5.92 Å². The van der Waals surface area contributed by atoms with Crippen molar-refractivity contribution in [3.63, 3.8) is 0 Å². The molecule has 1 aliphatic rings. The summed E-state index contributed by atoms with van der Waals surface area (Å²) in [6.45, 7) is 5.93. The van der Waals surface area contributed by atoms with E-state index < -0.39 is 0 Å². The summed E-state index contributed by atoms with van der Waals surface area (Å²) in [6.07, 6.45) is 3.60. The fraction of sp³-hybridized carbons (Fsp3) is 0.917. The standard InChI is InChI=1S/C12H24N2O/c1-10(2)12(15)14-8-6-5-7-11(14)9-13(3)4/h10-11H,5-9H2,1-4H3. The van der Waals surface area contributed by atoms with E-state index in [0.717, 1.165) is 19.5 Å². The van der Waals surface area contributed by atoms with Crippen LogP contribution in [-0.4, -0.2) is 48.9 Å². The van der Waals surface area contributed by atoms with Gasteiger partial charge in [0.25, 0.3) is 0 Å². The van der Waals surface area contributed by atoms with Crippen LogP contribution in [0.15, 0.2) is 0 Å². The monoisotopic (exact) mass is 212 g/mol. The first-order valence-corrected chi connectivity index (χ1v) is 5.97. The average Bonchev–Trinajstić information content (AvgIpc) is 2.16. The predicted octanol–water partition coefficient (Wildman–Crippen LogP) is 1.59. The summed E-state index contributed by atoms with van der Waals surface area (Å²) in [7, 11) is 4.15. The summed E-state index contributed by atoms with van der Waals surface area (Å²) < 4.78 is 0. The first-order chi connectivity index (χ1) is 7.02. The lowest BCUT2D eigenvalue weighted by Gasteiger charge is -2.38.